The molecule has 0 bridgehead atoms. The normalized spacial score (nSPS) is 16.3. The molecule has 1 atom stereocenters. The molecule has 4 nitrogen and oxygen atoms in total. The largest absolute Gasteiger partial charge is 0.481 e. The van der Waals surface area contributed by atoms with E-state index in [1.807, 2.05) is 29.7 Å². The number of ketones is 1. The number of aryl methyl sites for hydroxylation is 1. The lowest BCUT2D eigenvalue weighted by molar-refractivity contribution is -0.138. The number of fused-ring (bicyclic) bond motifs is 1. The average Bonchev–Trinajstić information content (AvgIpc) is 3.04. The van der Waals surface area contributed by atoms with Crippen LogP contribution in [0.2, 0.25) is 0 Å². The lowest BCUT2D eigenvalue weighted by Gasteiger charge is -2.07. The van der Waals surface area contributed by atoms with Crippen molar-refractivity contribution in [2.24, 2.45) is 0 Å². The average molecular weight is 295 g/mol. The molecule has 1 aromatic heterocycles. The molecule has 0 aliphatic carbocycles. The highest BCUT2D eigenvalue weighted by Gasteiger charge is 2.33. The zero-order chi connectivity index (χ0) is 15.9. The maximum Gasteiger partial charge on any atom is 0.312 e. The van der Waals surface area contributed by atoms with Crippen LogP contribution in [-0.4, -0.2) is 21.4 Å². The molecule has 1 N–H and O–H groups in total. The van der Waals surface area contributed by atoms with Gasteiger partial charge in [-0.05, 0) is 30.5 Å². The van der Waals surface area contributed by atoms with Gasteiger partial charge >= 0.3 is 5.97 Å². The Balaban J connectivity index is 2.02. The fourth-order valence-electron chi connectivity index (χ4n) is 3.10. The predicted octanol–water partition coefficient (Wildman–Crippen LogP) is 3.24. The number of aliphatic carboxylic acids is 1. The van der Waals surface area contributed by atoms with Crippen LogP contribution in [0.4, 0.5) is 0 Å². The van der Waals surface area contributed by atoms with Crippen LogP contribution in [0.1, 0.15) is 45.2 Å². The first-order valence-corrected chi connectivity index (χ1v) is 7.23. The Morgan fingerprint density at radius 2 is 2.00 bits per heavy atom. The molecule has 1 aliphatic rings. The lowest BCUT2D eigenvalue weighted by Crippen LogP contribution is -2.10. The molecule has 1 aromatic carbocycles. The number of carboxylic acid groups (broad SMARTS) is 1. The summed E-state index contributed by atoms with van der Waals surface area (Å²) >= 11 is 0. The summed E-state index contributed by atoms with van der Waals surface area (Å²) in [4.78, 5) is 24.1. The van der Waals surface area contributed by atoms with Gasteiger partial charge in [0.1, 0.15) is 0 Å². The van der Waals surface area contributed by atoms with E-state index in [0.29, 0.717) is 24.2 Å². The fraction of sp³-hybridized carbons (Fsp3) is 0.222. The van der Waals surface area contributed by atoms with Gasteiger partial charge in [-0.15, -0.1) is 0 Å². The van der Waals surface area contributed by atoms with Crippen LogP contribution in [0.25, 0.3) is 6.08 Å². The van der Waals surface area contributed by atoms with Gasteiger partial charge in [0.25, 0.3) is 0 Å². The topological polar surface area (TPSA) is 59.3 Å². The minimum Gasteiger partial charge on any atom is -0.481 e. The second kappa shape index (κ2) is 5.30. The number of nitrogens with zero attached hydrogens (tertiary/aromatic N) is 1. The Hall–Kier alpha value is -2.62. The van der Waals surface area contributed by atoms with E-state index in [1.54, 1.807) is 18.2 Å². The lowest BCUT2D eigenvalue weighted by atomic mass is 10.0. The van der Waals surface area contributed by atoms with Crippen molar-refractivity contribution in [2.75, 3.05) is 0 Å². The van der Waals surface area contributed by atoms with Gasteiger partial charge in [-0.3, -0.25) is 9.59 Å². The van der Waals surface area contributed by atoms with Gasteiger partial charge in [-0.25, -0.2) is 0 Å². The fourth-order valence-corrected chi connectivity index (χ4v) is 3.10. The van der Waals surface area contributed by atoms with E-state index in [4.69, 9.17) is 0 Å². The molecule has 3 rings (SSSR count). The summed E-state index contributed by atoms with van der Waals surface area (Å²) in [7, 11) is 0. The van der Waals surface area contributed by atoms with Gasteiger partial charge in [0.2, 0.25) is 5.78 Å². The molecule has 1 aliphatic heterocycles. The summed E-state index contributed by atoms with van der Waals surface area (Å²) in [6, 6.07) is 9.09. The third-order valence-electron chi connectivity index (χ3n) is 4.24. The standard InChI is InChI=1S/C18H17NO3/c1-3-12-4-6-13(7-5-12)17(20)16-11(2)10-15-14(18(21)22)8-9-19(15)16/h3-7,10,14H,1,8-9H2,2H3,(H,21,22). The summed E-state index contributed by atoms with van der Waals surface area (Å²) in [6.45, 7) is 6.13. The highest BCUT2D eigenvalue weighted by Crippen LogP contribution is 2.33. The molecule has 0 spiro atoms. The molecule has 1 unspecified atom stereocenters. The number of hydrogen-bond acceptors (Lipinski definition) is 2. The molecular weight excluding hydrogens is 278 g/mol. The van der Waals surface area contributed by atoms with Gasteiger partial charge in [0.15, 0.2) is 0 Å². The van der Waals surface area contributed by atoms with Crippen LogP contribution in [0, 0.1) is 6.92 Å². The van der Waals surface area contributed by atoms with Crippen LogP contribution < -0.4 is 0 Å². The van der Waals surface area contributed by atoms with Crippen LogP contribution >= 0.6 is 0 Å². The number of aromatic nitrogens is 1. The Morgan fingerprint density at radius 1 is 1.32 bits per heavy atom. The smallest absolute Gasteiger partial charge is 0.312 e. The van der Waals surface area contributed by atoms with Gasteiger partial charge in [-0.1, -0.05) is 36.9 Å². The first-order chi connectivity index (χ1) is 10.5. The zero-order valence-corrected chi connectivity index (χ0v) is 12.4. The minimum absolute atomic E-state index is 0.0644. The summed E-state index contributed by atoms with van der Waals surface area (Å²) in [6.07, 6.45) is 2.27. The molecule has 0 saturated carbocycles. The third-order valence-corrected chi connectivity index (χ3v) is 4.24. The van der Waals surface area contributed by atoms with E-state index in [9.17, 15) is 14.7 Å². The van der Waals surface area contributed by atoms with Crippen molar-refractivity contribution in [3.05, 3.63) is 65.0 Å². The molecule has 0 radical (unpaired) electrons. The number of benzene rings is 1. The Morgan fingerprint density at radius 3 is 2.59 bits per heavy atom. The number of rotatable bonds is 4. The Labute approximate surface area is 128 Å². The van der Waals surface area contributed by atoms with Crippen molar-refractivity contribution in [1.29, 1.82) is 0 Å². The monoisotopic (exact) mass is 295 g/mol. The van der Waals surface area contributed by atoms with Gasteiger partial charge in [0.05, 0.1) is 11.6 Å². The highest BCUT2D eigenvalue weighted by molar-refractivity contribution is 6.09. The van der Waals surface area contributed by atoms with E-state index in [2.05, 4.69) is 6.58 Å². The van der Waals surface area contributed by atoms with Crippen molar-refractivity contribution in [3.63, 3.8) is 0 Å². The molecule has 2 aromatic rings. The SMILES string of the molecule is C=Cc1ccc(C(=O)c2c(C)cc3n2CCC3C(=O)O)cc1. The van der Waals surface area contributed by atoms with Crippen molar-refractivity contribution < 1.29 is 14.7 Å². The number of carboxylic acids is 1. The molecule has 112 valence electrons. The summed E-state index contributed by atoms with van der Waals surface area (Å²) in [5.74, 6) is -1.40. The van der Waals surface area contributed by atoms with Gasteiger partial charge in [0, 0.05) is 17.8 Å². The second-order valence-corrected chi connectivity index (χ2v) is 5.59. The summed E-state index contributed by atoms with van der Waals surface area (Å²) in [5.41, 5.74) is 3.73. The zero-order valence-electron chi connectivity index (χ0n) is 12.4. The minimum atomic E-state index is -0.828. The number of hydrogen-bond donors (Lipinski definition) is 1. The van der Waals surface area contributed by atoms with Gasteiger partial charge in [-0.2, -0.15) is 0 Å². The molecule has 0 saturated heterocycles. The molecular formula is C18H17NO3. The van der Waals surface area contributed by atoms with E-state index in [1.165, 1.54) is 0 Å². The van der Waals surface area contributed by atoms with E-state index < -0.39 is 11.9 Å². The third kappa shape index (κ3) is 2.17. The van der Waals surface area contributed by atoms with Crippen molar-refractivity contribution in [3.8, 4) is 0 Å². The summed E-state index contributed by atoms with van der Waals surface area (Å²) in [5, 5.41) is 9.27. The van der Waals surface area contributed by atoms with Gasteiger partial charge < -0.3 is 9.67 Å². The van der Waals surface area contributed by atoms with E-state index >= 15 is 0 Å². The highest BCUT2D eigenvalue weighted by atomic mass is 16.4. The maximum absolute atomic E-state index is 12.8. The second-order valence-electron chi connectivity index (χ2n) is 5.59. The molecule has 0 amide bonds. The van der Waals surface area contributed by atoms with E-state index in [0.717, 1.165) is 16.8 Å². The Kier molecular flexibility index (Phi) is 3.45. The maximum atomic E-state index is 12.8. The number of carbonyl (C=O) groups excluding carboxylic acids is 1. The predicted molar refractivity (Wildman–Crippen MR) is 84.1 cm³/mol. The van der Waals surface area contributed by atoms with Crippen molar-refractivity contribution >= 4 is 17.8 Å². The van der Waals surface area contributed by atoms with Crippen LogP contribution in [-0.2, 0) is 11.3 Å². The van der Waals surface area contributed by atoms with E-state index in [-0.39, 0.29) is 5.78 Å². The number of carbonyl (C=O) groups is 2. The first kappa shape index (κ1) is 14.3. The Bertz CT molecular complexity index is 768. The molecule has 0 fully saturated rings. The molecule has 4 heteroatoms. The van der Waals surface area contributed by atoms with Crippen LogP contribution in [0.15, 0.2) is 36.9 Å². The van der Waals surface area contributed by atoms with Crippen LogP contribution in [0.3, 0.4) is 0 Å². The van der Waals surface area contributed by atoms with Crippen molar-refractivity contribution in [1.82, 2.24) is 4.57 Å². The van der Waals surface area contributed by atoms with Crippen LogP contribution in [0.5, 0.6) is 0 Å². The molecule has 2 heterocycles. The van der Waals surface area contributed by atoms with Crippen molar-refractivity contribution in [2.45, 2.75) is 25.8 Å². The quantitative estimate of drug-likeness (QED) is 0.881. The summed E-state index contributed by atoms with van der Waals surface area (Å²) < 4.78 is 1.86. The first-order valence-electron chi connectivity index (χ1n) is 7.23. The molecule has 22 heavy (non-hydrogen) atoms.